The molecule has 0 heterocycles. The lowest BCUT2D eigenvalue weighted by atomic mass is 9.63. The first kappa shape index (κ1) is 10.8. The fraction of sp³-hybridized carbons (Fsp3) is 0.533. The van der Waals surface area contributed by atoms with Crippen LogP contribution in [0.25, 0.3) is 0 Å². The van der Waals surface area contributed by atoms with Crippen molar-refractivity contribution in [1.29, 1.82) is 0 Å². The molecule has 1 saturated carbocycles. The summed E-state index contributed by atoms with van der Waals surface area (Å²) in [6, 6.07) is 8.59. The van der Waals surface area contributed by atoms with Crippen molar-refractivity contribution in [1.82, 2.24) is 0 Å². The molecule has 2 nitrogen and oxygen atoms in total. The van der Waals surface area contributed by atoms with Gasteiger partial charge in [0.15, 0.2) is 0 Å². The maximum Gasteiger partial charge on any atom is 0.306 e. The molecule has 17 heavy (non-hydrogen) atoms. The van der Waals surface area contributed by atoms with Gasteiger partial charge in [-0.15, -0.1) is 0 Å². The van der Waals surface area contributed by atoms with Crippen molar-refractivity contribution in [3.05, 3.63) is 35.4 Å². The summed E-state index contributed by atoms with van der Waals surface area (Å²) in [5.74, 6) is 0.173. The zero-order chi connectivity index (χ0) is 11.8. The number of fused-ring (bicyclic) bond motifs is 3. The van der Waals surface area contributed by atoms with Crippen LogP contribution >= 0.6 is 0 Å². The number of carbonyl (C=O) groups is 1. The average Bonchev–Trinajstić information content (AvgIpc) is 2.37. The van der Waals surface area contributed by atoms with E-state index >= 15 is 0 Å². The molecule has 3 atom stereocenters. The first-order valence-corrected chi connectivity index (χ1v) is 6.58. The Hall–Kier alpha value is -1.31. The smallest absolute Gasteiger partial charge is 0.306 e. The van der Waals surface area contributed by atoms with E-state index in [9.17, 15) is 9.90 Å². The molecule has 3 rings (SSSR count). The van der Waals surface area contributed by atoms with Crippen molar-refractivity contribution in [3.63, 3.8) is 0 Å². The topological polar surface area (TPSA) is 37.3 Å². The lowest BCUT2D eigenvalue weighted by Gasteiger charge is -2.40. The molecule has 0 saturated heterocycles. The zero-order valence-corrected chi connectivity index (χ0v) is 9.93. The molecule has 0 bridgehead atoms. The Kier molecular flexibility index (Phi) is 2.65. The third-order valence-electron chi connectivity index (χ3n) is 4.58. The second-order valence-electron chi connectivity index (χ2n) is 5.38. The Morgan fingerprint density at radius 2 is 2.00 bits per heavy atom. The van der Waals surface area contributed by atoms with Crippen molar-refractivity contribution >= 4 is 5.97 Å². The highest BCUT2D eigenvalue weighted by Gasteiger charge is 2.40. The highest BCUT2D eigenvalue weighted by molar-refractivity contribution is 5.71. The Morgan fingerprint density at radius 1 is 1.18 bits per heavy atom. The standard InChI is InChI=1S/C15H18O2/c16-15(17)14-7-3-6-12-11-5-2-1-4-10(11)8-9-13(12)14/h1-2,4-5,12-14H,3,6-9H2,(H,16,17). The van der Waals surface area contributed by atoms with E-state index in [-0.39, 0.29) is 5.92 Å². The number of hydrogen-bond acceptors (Lipinski definition) is 1. The molecule has 0 aromatic heterocycles. The molecule has 0 spiro atoms. The number of aryl methyl sites for hydroxylation is 1. The number of carboxylic acids is 1. The van der Waals surface area contributed by atoms with E-state index in [1.165, 1.54) is 17.5 Å². The van der Waals surface area contributed by atoms with Crippen LogP contribution in [0.15, 0.2) is 24.3 Å². The molecule has 0 aliphatic heterocycles. The fourth-order valence-corrected chi connectivity index (χ4v) is 3.81. The fourth-order valence-electron chi connectivity index (χ4n) is 3.81. The van der Waals surface area contributed by atoms with E-state index in [2.05, 4.69) is 24.3 Å². The maximum absolute atomic E-state index is 11.3. The van der Waals surface area contributed by atoms with Crippen molar-refractivity contribution in [2.75, 3.05) is 0 Å². The van der Waals surface area contributed by atoms with Gasteiger partial charge in [0.1, 0.15) is 0 Å². The van der Waals surface area contributed by atoms with Crippen LogP contribution in [0.2, 0.25) is 0 Å². The second-order valence-corrected chi connectivity index (χ2v) is 5.38. The second kappa shape index (κ2) is 4.17. The predicted molar refractivity (Wildman–Crippen MR) is 66.0 cm³/mol. The van der Waals surface area contributed by atoms with Crippen LogP contribution in [0, 0.1) is 11.8 Å². The van der Waals surface area contributed by atoms with Gasteiger partial charge >= 0.3 is 5.97 Å². The highest BCUT2D eigenvalue weighted by atomic mass is 16.4. The molecular formula is C15H18O2. The van der Waals surface area contributed by atoms with Gasteiger partial charge in [-0.05, 0) is 48.6 Å². The molecule has 2 aliphatic rings. The lowest BCUT2D eigenvalue weighted by molar-refractivity contribution is -0.145. The maximum atomic E-state index is 11.3. The van der Waals surface area contributed by atoms with E-state index in [0.29, 0.717) is 11.8 Å². The molecule has 1 N–H and O–H groups in total. The van der Waals surface area contributed by atoms with Gasteiger partial charge in [-0.1, -0.05) is 30.7 Å². The van der Waals surface area contributed by atoms with Gasteiger partial charge in [0, 0.05) is 0 Å². The minimum Gasteiger partial charge on any atom is -0.481 e. The third kappa shape index (κ3) is 1.76. The first-order valence-electron chi connectivity index (χ1n) is 6.58. The summed E-state index contributed by atoms with van der Waals surface area (Å²) in [6.45, 7) is 0. The SMILES string of the molecule is O=C(O)C1CCCC2c3ccccc3CCC12. The van der Waals surface area contributed by atoms with Crippen molar-refractivity contribution in [3.8, 4) is 0 Å². The van der Waals surface area contributed by atoms with Crippen molar-refractivity contribution in [2.24, 2.45) is 11.8 Å². The first-order chi connectivity index (χ1) is 8.27. The average molecular weight is 230 g/mol. The zero-order valence-electron chi connectivity index (χ0n) is 9.93. The minimum atomic E-state index is -0.584. The molecule has 1 aromatic carbocycles. The molecule has 0 radical (unpaired) electrons. The summed E-state index contributed by atoms with van der Waals surface area (Å²) in [7, 11) is 0. The van der Waals surface area contributed by atoms with Crippen LogP contribution in [-0.2, 0) is 11.2 Å². The predicted octanol–water partition coefficient (Wildman–Crippen LogP) is 3.22. The quantitative estimate of drug-likeness (QED) is 0.804. The summed E-state index contributed by atoms with van der Waals surface area (Å²) in [4.78, 5) is 11.3. The lowest BCUT2D eigenvalue weighted by Crippen LogP contribution is -2.35. The third-order valence-corrected chi connectivity index (χ3v) is 4.58. The molecule has 1 fully saturated rings. The highest BCUT2D eigenvalue weighted by Crippen LogP contribution is 2.47. The van der Waals surface area contributed by atoms with E-state index in [1.54, 1.807) is 0 Å². The molecule has 2 aliphatic carbocycles. The molecule has 0 amide bonds. The summed E-state index contributed by atoms with van der Waals surface area (Å²) in [5, 5.41) is 9.33. The van der Waals surface area contributed by atoms with E-state index in [4.69, 9.17) is 0 Å². The van der Waals surface area contributed by atoms with Crippen LogP contribution in [0.1, 0.15) is 42.7 Å². The Balaban J connectivity index is 1.96. The number of aliphatic carboxylic acids is 1. The van der Waals surface area contributed by atoms with Gasteiger partial charge < -0.3 is 5.11 Å². The van der Waals surface area contributed by atoms with Crippen LogP contribution in [0.3, 0.4) is 0 Å². The number of carboxylic acid groups (broad SMARTS) is 1. The van der Waals surface area contributed by atoms with Crippen molar-refractivity contribution < 1.29 is 9.90 Å². The van der Waals surface area contributed by atoms with Gasteiger partial charge in [-0.3, -0.25) is 4.79 Å². The van der Waals surface area contributed by atoms with Crippen molar-refractivity contribution in [2.45, 2.75) is 38.0 Å². The Bertz CT molecular complexity index is 438. The van der Waals surface area contributed by atoms with Gasteiger partial charge in [-0.25, -0.2) is 0 Å². The molecule has 90 valence electrons. The largest absolute Gasteiger partial charge is 0.481 e. The van der Waals surface area contributed by atoms with E-state index in [0.717, 1.165) is 25.7 Å². The molecule has 2 heteroatoms. The van der Waals surface area contributed by atoms with Crippen LogP contribution in [-0.4, -0.2) is 11.1 Å². The minimum absolute atomic E-state index is 0.109. The summed E-state index contributed by atoms with van der Waals surface area (Å²) >= 11 is 0. The summed E-state index contributed by atoms with van der Waals surface area (Å²) in [5.41, 5.74) is 2.87. The van der Waals surface area contributed by atoms with Gasteiger partial charge in [0.05, 0.1) is 5.92 Å². The van der Waals surface area contributed by atoms with Crippen LogP contribution in [0.5, 0.6) is 0 Å². The van der Waals surface area contributed by atoms with Gasteiger partial charge in [-0.2, -0.15) is 0 Å². The Morgan fingerprint density at radius 3 is 2.82 bits per heavy atom. The molecule has 1 aromatic rings. The van der Waals surface area contributed by atoms with Gasteiger partial charge in [0.2, 0.25) is 0 Å². The summed E-state index contributed by atoms with van der Waals surface area (Å²) in [6.07, 6.45) is 5.22. The van der Waals surface area contributed by atoms with E-state index < -0.39 is 5.97 Å². The normalized spacial score (nSPS) is 31.4. The summed E-state index contributed by atoms with van der Waals surface area (Å²) < 4.78 is 0. The Labute approximate surface area is 102 Å². The number of rotatable bonds is 1. The van der Waals surface area contributed by atoms with Gasteiger partial charge in [0.25, 0.3) is 0 Å². The van der Waals surface area contributed by atoms with Crippen LogP contribution < -0.4 is 0 Å². The van der Waals surface area contributed by atoms with E-state index in [1.807, 2.05) is 0 Å². The monoisotopic (exact) mass is 230 g/mol. The van der Waals surface area contributed by atoms with Crippen LogP contribution in [0.4, 0.5) is 0 Å². The molecular weight excluding hydrogens is 212 g/mol. The number of hydrogen-bond donors (Lipinski definition) is 1. The molecule has 3 unspecified atom stereocenters. The number of benzene rings is 1.